The number of carbonyl (C=O) groups is 2. The Kier molecular flexibility index (Phi) is 5.75. The van der Waals surface area contributed by atoms with Crippen molar-refractivity contribution in [2.24, 2.45) is 0 Å². The zero-order valence-electron chi connectivity index (χ0n) is 15.6. The smallest absolute Gasteiger partial charge is 0.322 e. The van der Waals surface area contributed by atoms with Crippen LogP contribution in [0.2, 0.25) is 0 Å². The van der Waals surface area contributed by atoms with Crippen LogP contribution in [0, 0.1) is 0 Å². The average Bonchev–Trinajstić information content (AvgIpc) is 3.11. The molecule has 1 aliphatic heterocycles. The first-order chi connectivity index (χ1) is 13.0. The second-order valence-corrected chi connectivity index (χ2v) is 6.81. The third-order valence-electron chi connectivity index (χ3n) is 4.88. The van der Waals surface area contributed by atoms with Gasteiger partial charge in [0.1, 0.15) is 11.5 Å². The summed E-state index contributed by atoms with van der Waals surface area (Å²) in [5.41, 5.74) is 3.67. The zero-order chi connectivity index (χ0) is 19.4. The highest BCUT2D eigenvalue weighted by atomic mass is 16.5. The van der Waals surface area contributed by atoms with Gasteiger partial charge in [0.2, 0.25) is 0 Å². The molecular formula is C19H25N5O3. The molecule has 144 valence electrons. The molecule has 0 saturated heterocycles. The number of nitrogens with one attached hydrogen (secondary N) is 2. The van der Waals surface area contributed by atoms with Gasteiger partial charge in [-0.05, 0) is 24.0 Å². The van der Waals surface area contributed by atoms with E-state index in [0.717, 1.165) is 24.1 Å². The normalized spacial score (nSPS) is 14.4. The molecule has 3 rings (SSSR count). The van der Waals surface area contributed by atoms with Crippen LogP contribution in [-0.4, -0.2) is 38.1 Å². The van der Waals surface area contributed by atoms with Crippen molar-refractivity contribution in [2.45, 2.75) is 45.7 Å². The van der Waals surface area contributed by atoms with E-state index < -0.39 is 5.91 Å². The zero-order valence-corrected chi connectivity index (χ0v) is 15.6. The second-order valence-electron chi connectivity index (χ2n) is 6.81. The third kappa shape index (κ3) is 4.11. The van der Waals surface area contributed by atoms with Crippen molar-refractivity contribution in [1.29, 1.82) is 0 Å². The van der Waals surface area contributed by atoms with Crippen LogP contribution in [-0.2, 0) is 13.1 Å². The molecular weight excluding hydrogens is 346 g/mol. The van der Waals surface area contributed by atoms with Crippen LogP contribution in [0.1, 0.15) is 54.5 Å². The molecule has 8 nitrogen and oxygen atoms in total. The Bertz CT molecular complexity index is 833. The lowest BCUT2D eigenvalue weighted by molar-refractivity contribution is 0.0701. The number of nitrogens with zero attached hydrogens (tertiary/aromatic N) is 3. The number of anilines is 1. The van der Waals surface area contributed by atoms with Gasteiger partial charge in [0.25, 0.3) is 5.91 Å². The van der Waals surface area contributed by atoms with Gasteiger partial charge < -0.3 is 14.8 Å². The van der Waals surface area contributed by atoms with Crippen molar-refractivity contribution in [3.8, 4) is 0 Å². The number of hydrogen-bond acceptors (Lipinski definition) is 4. The number of fused-ring (bicyclic) bond motifs is 1. The summed E-state index contributed by atoms with van der Waals surface area (Å²) in [6.45, 7) is 5.68. The van der Waals surface area contributed by atoms with Crippen LogP contribution < -0.4 is 10.8 Å². The topological polar surface area (TPSA) is 99.5 Å². The lowest BCUT2D eigenvalue weighted by Gasteiger charge is -2.28. The Morgan fingerprint density at radius 3 is 2.81 bits per heavy atom. The number of urea groups is 1. The highest BCUT2D eigenvalue weighted by Gasteiger charge is 2.24. The molecule has 1 unspecified atom stereocenters. The van der Waals surface area contributed by atoms with Crippen molar-refractivity contribution < 1.29 is 14.8 Å². The maximum absolute atomic E-state index is 12.8. The van der Waals surface area contributed by atoms with Gasteiger partial charge >= 0.3 is 6.03 Å². The molecule has 1 aromatic heterocycles. The first kappa shape index (κ1) is 18.9. The fraction of sp³-hybridized carbons (Fsp3) is 0.421. The lowest BCUT2D eigenvalue weighted by Crippen LogP contribution is -2.41. The summed E-state index contributed by atoms with van der Waals surface area (Å²) in [6, 6.07) is 7.70. The van der Waals surface area contributed by atoms with E-state index in [1.54, 1.807) is 16.6 Å². The fourth-order valence-corrected chi connectivity index (χ4v) is 3.42. The summed E-state index contributed by atoms with van der Waals surface area (Å²) in [4.78, 5) is 30.1. The van der Waals surface area contributed by atoms with Crippen molar-refractivity contribution in [2.75, 3.05) is 11.9 Å². The first-order valence-corrected chi connectivity index (χ1v) is 9.18. The highest BCUT2D eigenvalue weighted by molar-refractivity contribution is 5.91. The fourth-order valence-electron chi connectivity index (χ4n) is 3.42. The summed E-state index contributed by atoms with van der Waals surface area (Å²) in [7, 11) is 0. The molecule has 0 fully saturated rings. The van der Waals surface area contributed by atoms with E-state index in [1.807, 2.05) is 22.8 Å². The number of benzene rings is 1. The minimum absolute atomic E-state index is 0.133. The van der Waals surface area contributed by atoms with E-state index in [1.165, 1.54) is 0 Å². The average molecular weight is 371 g/mol. The number of carbonyl (C=O) groups excluding carboxylic acids is 2. The van der Waals surface area contributed by atoms with Gasteiger partial charge in [-0.2, -0.15) is 0 Å². The van der Waals surface area contributed by atoms with Crippen LogP contribution in [0.25, 0.3) is 0 Å². The molecule has 1 aliphatic rings. The molecule has 2 heterocycles. The number of aromatic nitrogens is 2. The first-order valence-electron chi connectivity index (χ1n) is 9.18. The molecule has 1 aromatic carbocycles. The number of imidazole rings is 1. The molecule has 0 saturated carbocycles. The van der Waals surface area contributed by atoms with Gasteiger partial charge in [0, 0.05) is 25.0 Å². The molecule has 1 atom stereocenters. The van der Waals surface area contributed by atoms with Crippen molar-refractivity contribution in [3.05, 3.63) is 47.5 Å². The molecule has 8 heteroatoms. The largest absolute Gasteiger partial charge is 0.331 e. The summed E-state index contributed by atoms with van der Waals surface area (Å²) < 4.78 is 1.83. The summed E-state index contributed by atoms with van der Waals surface area (Å²) in [6.07, 6.45) is 3.73. The predicted octanol–water partition coefficient (Wildman–Crippen LogP) is 2.95. The van der Waals surface area contributed by atoms with E-state index in [2.05, 4.69) is 30.2 Å². The van der Waals surface area contributed by atoms with Crippen LogP contribution in [0.4, 0.5) is 10.5 Å². The van der Waals surface area contributed by atoms with Crippen LogP contribution in [0.15, 0.2) is 30.5 Å². The molecule has 0 bridgehead atoms. The van der Waals surface area contributed by atoms with Gasteiger partial charge in [0.05, 0.1) is 6.54 Å². The van der Waals surface area contributed by atoms with Crippen LogP contribution in [0.3, 0.4) is 0 Å². The molecule has 3 N–H and O–H groups in total. The molecule has 3 amide bonds. The highest BCUT2D eigenvalue weighted by Crippen LogP contribution is 2.28. The minimum Gasteiger partial charge on any atom is -0.331 e. The summed E-state index contributed by atoms with van der Waals surface area (Å²) >= 11 is 0. The Hall–Kier alpha value is -2.87. The number of hydrogen-bond donors (Lipinski definition) is 3. The molecule has 0 spiro atoms. The lowest BCUT2D eigenvalue weighted by atomic mass is 9.95. The predicted molar refractivity (Wildman–Crippen MR) is 101 cm³/mol. The second kappa shape index (κ2) is 8.22. The van der Waals surface area contributed by atoms with Crippen LogP contribution >= 0.6 is 0 Å². The van der Waals surface area contributed by atoms with Crippen molar-refractivity contribution >= 4 is 17.6 Å². The van der Waals surface area contributed by atoms with Gasteiger partial charge in [0.15, 0.2) is 0 Å². The third-order valence-corrected chi connectivity index (χ3v) is 4.88. The molecule has 2 aromatic rings. The molecule has 0 aliphatic carbocycles. The number of rotatable bonds is 5. The minimum atomic E-state index is -0.660. The monoisotopic (exact) mass is 371 g/mol. The van der Waals surface area contributed by atoms with E-state index in [4.69, 9.17) is 5.21 Å². The number of hydroxylamine groups is 1. The Morgan fingerprint density at radius 1 is 1.30 bits per heavy atom. The summed E-state index contributed by atoms with van der Waals surface area (Å²) in [5, 5.41) is 11.8. The SMILES string of the molecule is CCCC(C)c1ccccc1NC(=O)N1CCn2cc(C(=O)NO)nc2C1. The van der Waals surface area contributed by atoms with E-state index in [0.29, 0.717) is 31.4 Å². The van der Waals surface area contributed by atoms with Gasteiger partial charge in [-0.1, -0.05) is 38.5 Å². The quantitative estimate of drug-likeness (QED) is 0.556. The van der Waals surface area contributed by atoms with E-state index in [9.17, 15) is 9.59 Å². The molecule has 27 heavy (non-hydrogen) atoms. The molecule has 0 radical (unpaired) electrons. The van der Waals surface area contributed by atoms with E-state index >= 15 is 0 Å². The Balaban J connectivity index is 1.71. The maximum atomic E-state index is 12.8. The van der Waals surface area contributed by atoms with E-state index in [-0.39, 0.29) is 11.7 Å². The Labute approximate surface area is 158 Å². The number of amides is 3. The van der Waals surface area contributed by atoms with Gasteiger partial charge in [-0.15, -0.1) is 0 Å². The van der Waals surface area contributed by atoms with Gasteiger partial charge in [-0.3, -0.25) is 10.0 Å². The Morgan fingerprint density at radius 2 is 2.07 bits per heavy atom. The van der Waals surface area contributed by atoms with Crippen molar-refractivity contribution in [1.82, 2.24) is 19.9 Å². The van der Waals surface area contributed by atoms with Crippen molar-refractivity contribution in [3.63, 3.8) is 0 Å². The maximum Gasteiger partial charge on any atom is 0.322 e. The standard InChI is InChI=1S/C19H25N5O3/c1-3-6-13(2)14-7-4-5-8-15(14)21-19(26)24-10-9-23-11-16(18(25)22-27)20-17(23)12-24/h4-5,7-8,11,13,27H,3,6,9-10,12H2,1-2H3,(H,21,26)(H,22,25). The van der Waals surface area contributed by atoms with Crippen LogP contribution in [0.5, 0.6) is 0 Å². The number of para-hydroxylation sites is 1. The summed E-state index contributed by atoms with van der Waals surface area (Å²) in [5.74, 6) is 0.320. The van der Waals surface area contributed by atoms with Gasteiger partial charge in [-0.25, -0.2) is 15.3 Å².